The van der Waals surface area contributed by atoms with Crippen LogP contribution in [0, 0.1) is 6.92 Å². The van der Waals surface area contributed by atoms with Gasteiger partial charge in [-0.2, -0.15) is 0 Å². The van der Waals surface area contributed by atoms with Crippen LogP contribution in [0.15, 0.2) is 18.2 Å². The molecule has 0 unspecified atom stereocenters. The van der Waals surface area contributed by atoms with Gasteiger partial charge in [0, 0.05) is 12.7 Å². The SMILES string of the molecule is CNc1cc(CCCN2CCCC2)ccc1C. The van der Waals surface area contributed by atoms with E-state index in [9.17, 15) is 0 Å². The van der Waals surface area contributed by atoms with Crippen LogP contribution in [0.3, 0.4) is 0 Å². The molecule has 2 nitrogen and oxygen atoms in total. The minimum absolute atomic E-state index is 1.20. The first-order chi connectivity index (χ1) is 8.29. The maximum atomic E-state index is 3.26. The average Bonchev–Trinajstić information content (AvgIpc) is 2.84. The van der Waals surface area contributed by atoms with Gasteiger partial charge in [0.15, 0.2) is 0 Å². The molecule has 1 N–H and O–H groups in total. The minimum atomic E-state index is 1.20. The predicted molar refractivity (Wildman–Crippen MR) is 74.7 cm³/mol. The molecule has 0 atom stereocenters. The van der Waals surface area contributed by atoms with E-state index in [1.807, 2.05) is 7.05 Å². The van der Waals surface area contributed by atoms with Gasteiger partial charge in [0.2, 0.25) is 0 Å². The first kappa shape index (κ1) is 12.4. The fourth-order valence-corrected chi connectivity index (χ4v) is 2.61. The van der Waals surface area contributed by atoms with Gasteiger partial charge in [-0.1, -0.05) is 12.1 Å². The standard InChI is InChI=1S/C15H24N2/c1-13-7-8-14(12-15(13)16-2)6-5-11-17-9-3-4-10-17/h7-8,12,16H,3-6,9-11H2,1-2H3. The molecule has 1 heterocycles. The number of benzene rings is 1. The summed E-state index contributed by atoms with van der Waals surface area (Å²) in [6.07, 6.45) is 5.28. The molecule has 17 heavy (non-hydrogen) atoms. The topological polar surface area (TPSA) is 15.3 Å². The molecule has 2 heteroatoms. The van der Waals surface area contributed by atoms with Crippen LogP contribution in [-0.4, -0.2) is 31.6 Å². The maximum Gasteiger partial charge on any atom is 0.0370 e. The number of hydrogen-bond donors (Lipinski definition) is 1. The highest BCUT2D eigenvalue weighted by atomic mass is 15.1. The molecule has 1 aliphatic rings. The summed E-state index contributed by atoms with van der Waals surface area (Å²) in [5.41, 5.74) is 4.05. The van der Waals surface area contributed by atoms with Crippen LogP contribution >= 0.6 is 0 Å². The van der Waals surface area contributed by atoms with Crippen molar-refractivity contribution in [1.29, 1.82) is 0 Å². The molecule has 1 saturated heterocycles. The van der Waals surface area contributed by atoms with Gasteiger partial charge in [0.25, 0.3) is 0 Å². The number of nitrogens with one attached hydrogen (secondary N) is 1. The third kappa shape index (κ3) is 3.47. The Balaban J connectivity index is 1.81. The summed E-state index contributed by atoms with van der Waals surface area (Å²) in [5.74, 6) is 0. The van der Waals surface area contributed by atoms with Gasteiger partial charge in [-0.3, -0.25) is 0 Å². The first-order valence-electron chi connectivity index (χ1n) is 6.79. The third-order valence-electron chi connectivity index (χ3n) is 3.71. The summed E-state index contributed by atoms with van der Waals surface area (Å²) in [4.78, 5) is 2.59. The Bertz CT molecular complexity index is 354. The van der Waals surface area contributed by atoms with E-state index in [-0.39, 0.29) is 0 Å². The lowest BCUT2D eigenvalue weighted by Gasteiger charge is -2.14. The molecule has 0 saturated carbocycles. The summed E-state index contributed by atoms with van der Waals surface area (Å²) in [7, 11) is 2.00. The number of rotatable bonds is 5. The molecule has 0 radical (unpaired) electrons. The van der Waals surface area contributed by atoms with Crippen LogP contribution < -0.4 is 5.32 Å². The molecule has 2 rings (SSSR count). The highest BCUT2D eigenvalue weighted by Crippen LogP contribution is 2.17. The van der Waals surface area contributed by atoms with Crippen molar-refractivity contribution in [1.82, 2.24) is 4.90 Å². The molecule has 0 amide bonds. The summed E-state index contributed by atoms with van der Waals surface area (Å²) < 4.78 is 0. The van der Waals surface area contributed by atoms with Crippen LogP contribution in [-0.2, 0) is 6.42 Å². The minimum Gasteiger partial charge on any atom is -0.388 e. The van der Waals surface area contributed by atoms with Crippen molar-refractivity contribution in [2.24, 2.45) is 0 Å². The molecule has 0 aromatic heterocycles. The van der Waals surface area contributed by atoms with Crippen molar-refractivity contribution in [2.75, 3.05) is 32.0 Å². The van der Waals surface area contributed by atoms with Crippen molar-refractivity contribution < 1.29 is 0 Å². The van der Waals surface area contributed by atoms with Gasteiger partial charge < -0.3 is 10.2 Å². The fourth-order valence-electron chi connectivity index (χ4n) is 2.61. The molecule has 1 aromatic rings. The highest BCUT2D eigenvalue weighted by Gasteiger charge is 2.10. The van der Waals surface area contributed by atoms with E-state index in [4.69, 9.17) is 0 Å². The normalized spacial score (nSPS) is 16.4. The van der Waals surface area contributed by atoms with Gasteiger partial charge in [-0.05, 0) is 69.4 Å². The monoisotopic (exact) mass is 232 g/mol. The lowest BCUT2D eigenvalue weighted by molar-refractivity contribution is 0.334. The maximum absolute atomic E-state index is 3.26. The lowest BCUT2D eigenvalue weighted by Crippen LogP contribution is -2.20. The molecule has 0 spiro atoms. The molecular formula is C15H24N2. The molecule has 0 bridgehead atoms. The number of nitrogens with zero attached hydrogens (tertiary/aromatic N) is 1. The third-order valence-corrected chi connectivity index (χ3v) is 3.71. The van der Waals surface area contributed by atoms with Crippen molar-refractivity contribution in [2.45, 2.75) is 32.6 Å². The number of likely N-dealkylation sites (tertiary alicyclic amines) is 1. The fraction of sp³-hybridized carbons (Fsp3) is 0.600. The molecule has 0 aliphatic carbocycles. The zero-order chi connectivity index (χ0) is 12.1. The zero-order valence-electron chi connectivity index (χ0n) is 11.1. The van der Waals surface area contributed by atoms with E-state index < -0.39 is 0 Å². The van der Waals surface area contributed by atoms with Crippen molar-refractivity contribution in [3.63, 3.8) is 0 Å². The Hall–Kier alpha value is -1.02. The van der Waals surface area contributed by atoms with Gasteiger partial charge in [-0.25, -0.2) is 0 Å². The Labute approximate surface area is 105 Å². The Morgan fingerprint density at radius 3 is 2.71 bits per heavy atom. The van der Waals surface area contributed by atoms with Crippen LogP contribution in [0.5, 0.6) is 0 Å². The van der Waals surface area contributed by atoms with Crippen molar-refractivity contribution in [3.05, 3.63) is 29.3 Å². The van der Waals surface area contributed by atoms with Gasteiger partial charge in [0.05, 0.1) is 0 Å². The van der Waals surface area contributed by atoms with Gasteiger partial charge >= 0.3 is 0 Å². The van der Waals surface area contributed by atoms with Crippen LogP contribution in [0.4, 0.5) is 5.69 Å². The zero-order valence-corrected chi connectivity index (χ0v) is 11.1. The van der Waals surface area contributed by atoms with E-state index in [0.29, 0.717) is 0 Å². The predicted octanol–water partition coefficient (Wildman–Crippen LogP) is 3.07. The second-order valence-electron chi connectivity index (χ2n) is 5.05. The summed E-state index contributed by atoms with van der Waals surface area (Å²) >= 11 is 0. The molecule has 94 valence electrons. The number of hydrogen-bond acceptors (Lipinski definition) is 2. The van der Waals surface area contributed by atoms with E-state index in [0.717, 1.165) is 0 Å². The van der Waals surface area contributed by atoms with Crippen molar-refractivity contribution >= 4 is 5.69 Å². The molecular weight excluding hydrogens is 208 g/mol. The lowest BCUT2D eigenvalue weighted by atomic mass is 10.1. The van der Waals surface area contributed by atoms with Crippen molar-refractivity contribution in [3.8, 4) is 0 Å². The molecule has 1 fully saturated rings. The summed E-state index contributed by atoms with van der Waals surface area (Å²) in [6, 6.07) is 6.77. The van der Waals surface area contributed by atoms with Gasteiger partial charge in [0.1, 0.15) is 0 Å². The van der Waals surface area contributed by atoms with E-state index in [1.165, 1.54) is 62.1 Å². The summed E-state index contributed by atoms with van der Waals surface area (Å²) in [5, 5.41) is 3.26. The number of aryl methyl sites for hydroxylation is 2. The highest BCUT2D eigenvalue weighted by molar-refractivity contribution is 5.52. The average molecular weight is 232 g/mol. The van der Waals surface area contributed by atoms with Crippen LogP contribution in [0.25, 0.3) is 0 Å². The van der Waals surface area contributed by atoms with E-state index in [1.54, 1.807) is 0 Å². The van der Waals surface area contributed by atoms with Crippen LogP contribution in [0.2, 0.25) is 0 Å². The smallest absolute Gasteiger partial charge is 0.0370 e. The van der Waals surface area contributed by atoms with E-state index >= 15 is 0 Å². The Morgan fingerprint density at radius 2 is 2.00 bits per heavy atom. The molecule has 1 aliphatic heterocycles. The quantitative estimate of drug-likeness (QED) is 0.839. The second-order valence-corrected chi connectivity index (χ2v) is 5.05. The summed E-state index contributed by atoms with van der Waals surface area (Å²) in [6.45, 7) is 6.05. The Morgan fingerprint density at radius 1 is 1.24 bits per heavy atom. The van der Waals surface area contributed by atoms with E-state index in [2.05, 4.69) is 35.3 Å². The second kappa shape index (κ2) is 6.06. The molecule has 1 aromatic carbocycles. The van der Waals surface area contributed by atoms with Gasteiger partial charge in [-0.15, -0.1) is 0 Å². The Kier molecular flexibility index (Phi) is 4.43. The number of anilines is 1. The first-order valence-corrected chi connectivity index (χ1v) is 6.79. The van der Waals surface area contributed by atoms with Crippen LogP contribution in [0.1, 0.15) is 30.4 Å². The largest absolute Gasteiger partial charge is 0.388 e.